The molecule has 0 aliphatic heterocycles. The molecule has 0 spiro atoms. The zero-order valence-corrected chi connectivity index (χ0v) is 15.7. The molecule has 2 aromatic heterocycles. The molecule has 30 heavy (non-hydrogen) atoms. The highest BCUT2D eigenvalue weighted by Gasteiger charge is 2.31. The minimum atomic E-state index is -4.86. The number of aromatic nitrogens is 3. The molecular formula is C20H19F3N4O3. The normalized spacial score (nSPS) is 19.6. The summed E-state index contributed by atoms with van der Waals surface area (Å²) < 4.78 is 41.1. The molecule has 1 aliphatic carbocycles. The second-order valence-electron chi connectivity index (χ2n) is 7.21. The molecule has 0 unspecified atom stereocenters. The third-order valence-corrected chi connectivity index (χ3v) is 5.03. The number of benzene rings is 1. The van der Waals surface area contributed by atoms with Crippen molar-refractivity contribution in [2.75, 3.05) is 5.32 Å². The van der Waals surface area contributed by atoms with Crippen LogP contribution in [0.2, 0.25) is 0 Å². The van der Waals surface area contributed by atoms with E-state index in [1.165, 1.54) is 6.07 Å². The molecule has 0 saturated heterocycles. The molecule has 0 radical (unpaired) electrons. The van der Waals surface area contributed by atoms with Gasteiger partial charge in [-0.1, -0.05) is 0 Å². The SMILES string of the molecule is Oc1cc(OC(F)(F)F)ccc1-c1nnc(N[C@H]2CCC[C@@H](O)C2)c2cnccc12. The van der Waals surface area contributed by atoms with E-state index in [9.17, 15) is 23.4 Å². The van der Waals surface area contributed by atoms with Crippen molar-refractivity contribution in [3.63, 3.8) is 0 Å². The molecule has 2 heterocycles. The number of fused-ring (bicyclic) bond motifs is 1. The van der Waals surface area contributed by atoms with Gasteiger partial charge in [0.1, 0.15) is 17.2 Å². The molecule has 1 aromatic carbocycles. The fourth-order valence-corrected chi connectivity index (χ4v) is 3.70. The maximum Gasteiger partial charge on any atom is 0.573 e. The molecule has 1 aliphatic rings. The number of alkyl halides is 3. The minimum Gasteiger partial charge on any atom is -0.507 e. The summed E-state index contributed by atoms with van der Waals surface area (Å²) in [4.78, 5) is 4.13. The Kier molecular flexibility index (Phi) is 5.33. The number of hydrogen-bond donors (Lipinski definition) is 3. The molecule has 3 N–H and O–H groups in total. The summed E-state index contributed by atoms with van der Waals surface area (Å²) in [6.07, 6.45) is 1.12. The van der Waals surface area contributed by atoms with Gasteiger partial charge in [-0.05, 0) is 43.9 Å². The van der Waals surface area contributed by atoms with Gasteiger partial charge in [-0.15, -0.1) is 23.4 Å². The Morgan fingerprint density at radius 1 is 1.10 bits per heavy atom. The van der Waals surface area contributed by atoms with E-state index in [2.05, 4.69) is 25.2 Å². The van der Waals surface area contributed by atoms with Gasteiger partial charge >= 0.3 is 6.36 Å². The molecule has 1 saturated carbocycles. The van der Waals surface area contributed by atoms with Crippen molar-refractivity contribution < 1.29 is 28.1 Å². The number of nitrogens with zero attached hydrogens (tertiary/aromatic N) is 3. The lowest BCUT2D eigenvalue weighted by Crippen LogP contribution is -2.30. The van der Waals surface area contributed by atoms with Crippen LogP contribution in [0.15, 0.2) is 36.7 Å². The smallest absolute Gasteiger partial charge is 0.507 e. The fraction of sp³-hybridized carbons (Fsp3) is 0.350. The van der Waals surface area contributed by atoms with Crippen LogP contribution in [0, 0.1) is 0 Å². The molecule has 2 atom stereocenters. The second kappa shape index (κ2) is 7.94. The fourth-order valence-electron chi connectivity index (χ4n) is 3.70. The Balaban J connectivity index is 1.69. The summed E-state index contributed by atoms with van der Waals surface area (Å²) in [6, 6.07) is 5.02. The first-order chi connectivity index (χ1) is 14.3. The van der Waals surface area contributed by atoms with Crippen LogP contribution in [0.25, 0.3) is 22.0 Å². The number of phenols is 1. The Hall–Kier alpha value is -3.14. The number of aliphatic hydroxyl groups is 1. The molecular weight excluding hydrogens is 401 g/mol. The monoisotopic (exact) mass is 420 g/mol. The molecule has 10 heteroatoms. The van der Waals surface area contributed by atoms with Crippen molar-refractivity contribution in [3.8, 4) is 22.8 Å². The topological polar surface area (TPSA) is 100 Å². The molecule has 7 nitrogen and oxygen atoms in total. The molecule has 1 fully saturated rings. The maximum atomic E-state index is 12.4. The highest BCUT2D eigenvalue weighted by atomic mass is 19.4. The van der Waals surface area contributed by atoms with Gasteiger partial charge < -0.3 is 20.3 Å². The number of hydrogen-bond acceptors (Lipinski definition) is 7. The first-order valence-corrected chi connectivity index (χ1v) is 9.44. The predicted molar refractivity (Wildman–Crippen MR) is 103 cm³/mol. The van der Waals surface area contributed by atoms with E-state index in [1.54, 1.807) is 18.5 Å². The van der Waals surface area contributed by atoms with Gasteiger partial charge in [0.15, 0.2) is 5.82 Å². The first kappa shape index (κ1) is 20.1. The summed E-state index contributed by atoms with van der Waals surface area (Å²) in [5.41, 5.74) is 0.519. The van der Waals surface area contributed by atoms with Crippen LogP contribution in [-0.2, 0) is 0 Å². The van der Waals surface area contributed by atoms with Crippen LogP contribution in [0.3, 0.4) is 0 Å². The molecule has 3 aromatic rings. The zero-order valence-electron chi connectivity index (χ0n) is 15.7. The Morgan fingerprint density at radius 2 is 1.93 bits per heavy atom. The largest absolute Gasteiger partial charge is 0.573 e. The number of anilines is 1. The van der Waals surface area contributed by atoms with Gasteiger partial charge in [-0.3, -0.25) is 4.98 Å². The predicted octanol–water partition coefficient (Wildman–Crippen LogP) is 4.01. The number of aliphatic hydroxyl groups excluding tert-OH is 1. The number of ether oxygens (including phenoxy) is 1. The molecule has 0 bridgehead atoms. The van der Waals surface area contributed by atoms with Gasteiger partial charge in [0.2, 0.25) is 0 Å². The van der Waals surface area contributed by atoms with Crippen molar-refractivity contribution in [2.45, 2.75) is 44.2 Å². The van der Waals surface area contributed by atoms with Crippen LogP contribution < -0.4 is 10.1 Å². The van der Waals surface area contributed by atoms with Gasteiger partial charge in [0, 0.05) is 40.8 Å². The van der Waals surface area contributed by atoms with Gasteiger partial charge in [-0.25, -0.2) is 0 Å². The van der Waals surface area contributed by atoms with E-state index in [-0.39, 0.29) is 17.7 Å². The molecule has 4 rings (SSSR count). The van der Waals surface area contributed by atoms with Crippen LogP contribution in [0.1, 0.15) is 25.7 Å². The van der Waals surface area contributed by atoms with Crippen LogP contribution in [0.4, 0.5) is 19.0 Å². The average Bonchev–Trinajstić information content (AvgIpc) is 2.68. The lowest BCUT2D eigenvalue weighted by molar-refractivity contribution is -0.274. The van der Waals surface area contributed by atoms with E-state index in [0.29, 0.717) is 28.7 Å². The highest BCUT2D eigenvalue weighted by molar-refractivity contribution is 6.00. The van der Waals surface area contributed by atoms with E-state index in [1.807, 2.05) is 0 Å². The van der Waals surface area contributed by atoms with Crippen molar-refractivity contribution in [1.82, 2.24) is 15.2 Å². The van der Waals surface area contributed by atoms with Crippen molar-refractivity contribution in [3.05, 3.63) is 36.7 Å². The quantitative estimate of drug-likeness (QED) is 0.586. The lowest BCUT2D eigenvalue weighted by atomic mass is 9.93. The molecule has 0 amide bonds. The van der Waals surface area contributed by atoms with Crippen LogP contribution in [0.5, 0.6) is 11.5 Å². The summed E-state index contributed by atoms with van der Waals surface area (Å²) in [5.74, 6) is -0.449. The Bertz CT molecular complexity index is 1060. The standard InChI is InChI=1S/C20H19F3N4O3/c21-20(22,23)30-13-4-5-15(17(29)9-13)18-14-6-7-24-10-16(14)19(27-26-18)25-11-2-1-3-12(28)8-11/h4-7,9-12,28-29H,1-3,8H2,(H,25,27)/t11-,12+/m0/s1. The average molecular weight is 420 g/mol. The summed E-state index contributed by atoms with van der Waals surface area (Å²) in [6.45, 7) is 0. The van der Waals surface area contributed by atoms with E-state index in [0.717, 1.165) is 31.4 Å². The number of halogens is 3. The molecule has 158 valence electrons. The minimum absolute atomic E-state index is 0.0458. The zero-order chi connectivity index (χ0) is 21.3. The van der Waals surface area contributed by atoms with Crippen LogP contribution >= 0.6 is 0 Å². The number of phenolic OH excluding ortho intramolecular Hbond substituents is 1. The van der Waals surface area contributed by atoms with E-state index in [4.69, 9.17) is 0 Å². The van der Waals surface area contributed by atoms with Gasteiger partial charge in [0.25, 0.3) is 0 Å². The van der Waals surface area contributed by atoms with Crippen molar-refractivity contribution >= 4 is 16.6 Å². The number of nitrogens with one attached hydrogen (secondary N) is 1. The number of aromatic hydroxyl groups is 1. The van der Waals surface area contributed by atoms with E-state index < -0.39 is 17.9 Å². The first-order valence-electron chi connectivity index (χ1n) is 9.44. The summed E-state index contributed by atoms with van der Waals surface area (Å²) in [7, 11) is 0. The van der Waals surface area contributed by atoms with Crippen molar-refractivity contribution in [2.24, 2.45) is 0 Å². The van der Waals surface area contributed by atoms with E-state index >= 15 is 0 Å². The number of pyridine rings is 1. The summed E-state index contributed by atoms with van der Waals surface area (Å²) >= 11 is 0. The Labute approximate surface area is 169 Å². The maximum absolute atomic E-state index is 12.4. The number of rotatable bonds is 4. The lowest BCUT2D eigenvalue weighted by Gasteiger charge is -2.27. The van der Waals surface area contributed by atoms with Gasteiger partial charge in [0.05, 0.1) is 6.10 Å². The highest BCUT2D eigenvalue weighted by Crippen LogP contribution is 2.37. The van der Waals surface area contributed by atoms with Crippen LogP contribution in [-0.4, -0.2) is 43.9 Å². The van der Waals surface area contributed by atoms with Gasteiger partial charge in [-0.2, -0.15) is 0 Å². The summed E-state index contributed by atoms with van der Waals surface area (Å²) in [5, 5.41) is 33.2. The Morgan fingerprint density at radius 3 is 2.67 bits per heavy atom. The third kappa shape index (κ3) is 4.38. The third-order valence-electron chi connectivity index (χ3n) is 5.03. The second-order valence-corrected chi connectivity index (χ2v) is 7.21. The van der Waals surface area contributed by atoms with Crippen molar-refractivity contribution in [1.29, 1.82) is 0 Å².